The Kier molecular flexibility index (Phi) is 7.95. The van der Waals surface area contributed by atoms with Gasteiger partial charge >= 0.3 is 11.9 Å². The number of carbonyl (C=O) groups is 2. The van der Waals surface area contributed by atoms with Crippen LogP contribution in [0.15, 0.2) is 12.2 Å². The lowest BCUT2D eigenvalue weighted by atomic mass is 9.78. The van der Waals surface area contributed by atoms with E-state index in [0.29, 0.717) is 25.7 Å². The molecule has 0 aromatic heterocycles. The van der Waals surface area contributed by atoms with E-state index >= 15 is 0 Å². The van der Waals surface area contributed by atoms with E-state index in [1.165, 1.54) is 21.0 Å². The van der Waals surface area contributed by atoms with E-state index in [2.05, 4.69) is 6.58 Å². The Bertz CT molecular complexity index is 685. The van der Waals surface area contributed by atoms with Crippen LogP contribution in [0.5, 0.6) is 0 Å². The van der Waals surface area contributed by atoms with Gasteiger partial charge in [0, 0.05) is 12.5 Å². The van der Waals surface area contributed by atoms with Crippen LogP contribution in [0.1, 0.15) is 72.6 Å². The molecule has 3 N–H and O–H groups in total. The first-order chi connectivity index (χ1) is 14.2. The molecular weight excluding hydrogens is 404 g/mol. The van der Waals surface area contributed by atoms with Gasteiger partial charge in [-0.15, -0.1) is 0 Å². The fourth-order valence-corrected chi connectivity index (χ4v) is 4.70. The summed E-state index contributed by atoms with van der Waals surface area (Å²) in [5.41, 5.74) is -3.31. The van der Waals surface area contributed by atoms with Crippen molar-refractivity contribution in [3.05, 3.63) is 12.2 Å². The molecule has 0 saturated carbocycles. The Balaban J connectivity index is 2.38. The highest BCUT2D eigenvalue weighted by Gasteiger charge is 2.50. The van der Waals surface area contributed by atoms with Gasteiger partial charge in [-0.25, -0.2) is 4.79 Å². The van der Waals surface area contributed by atoms with Crippen molar-refractivity contribution in [3.8, 4) is 0 Å². The summed E-state index contributed by atoms with van der Waals surface area (Å²) >= 11 is 0. The molecule has 0 aromatic rings. The monoisotopic (exact) mass is 442 g/mol. The summed E-state index contributed by atoms with van der Waals surface area (Å²) in [5.74, 6) is -1.53. The van der Waals surface area contributed by atoms with Gasteiger partial charge in [-0.3, -0.25) is 4.79 Å². The molecule has 8 heteroatoms. The van der Waals surface area contributed by atoms with Gasteiger partial charge in [0.15, 0.2) is 0 Å². The summed E-state index contributed by atoms with van der Waals surface area (Å²) in [7, 11) is 1.26. The van der Waals surface area contributed by atoms with E-state index in [4.69, 9.17) is 14.2 Å². The summed E-state index contributed by atoms with van der Waals surface area (Å²) in [4.78, 5) is 23.8. The van der Waals surface area contributed by atoms with Gasteiger partial charge in [0.05, 0.1) is 30.5 Å². The Morgan fingerprint density at radius 3 is 2.23 bits per heavy atom. The third kappa shape index (κ3) is 6.06. The Labute approximate surface area is 184 Å². The van der Waals surface area contributed by atoms with Crippen molar-refractivity contribution >= 4 is 11.9 Å². The molecule has 0 aromatic carbocycles. The number of aliphatic hydroxyl groups excluding tert-OH is 1. The number of esters is 2. The van der Waals surface area contributed by atoms with Crippen LogP contribution in [0, 0.1) is 5.92 Å². The molecule has 8 nitrogen and oxygen atoms in total. The van der Waals surface area contributed by atoms with Crippen LogP contribution < -0.4 is 0 Å². The van der Waals surface area contributed by atoms with Crippen molar-refractivity contribution in [3.63, 3.8) is 0 Å². The molecule has 7 atom stereocenters. The molecule has 0 radical (unpaired) electrons. The van der Waals surface area contributed by atoms with E-state index in [1.807, 2.05) is 6.92 Å². The average molecular weight is 443 g/mol. The van der Waals surface area contributed by atoms with Crippen LogP contribution >= 0.6 is 0 Å². The average Bonchev–Trinajstić information content (AvgIpc) is 3.10. The first-order valence-corrected chi connectivity index (χ1v) is 11.0. The van der Waals surface area contributed by atoms with Crippen LogP contribution in [0.2, 0.25) is 0 Å². The fraction of sp³-hybridized carbons (Fsp3) is 0.826. The van der Waals surface area contributed by atoms with Gasteiger partial charge in [-0.1, -0.05) is 6.58 Å². The lowest BCUT2D eigenvalue weighted by molar-refractivity contribution is -0.185. The van der Waals surface area contributed by atoms with Crippen LogP contribution in [0.3, 0.4) is 0 Å². The Hall–Kier alpha value is -1.48. The summed E-state index contributed by atoms with van der Waals surface area (Å²) in [5, 5.41) is 33.0. The molecule has 2 rings (SSSR count). The van der Waals surface area contributed by atoms with Crippen molar-refractivity contribution in [2.24, 2.45) is 5.92 Å². The minimum Gasteiger partial charge on any atom is -0.466 e. The highest BCUT2D eigenvalue weighted by Crippen LogP contribution is 2.43. The Morgan fingerprint density at radius 1 is 1.03 bits per heavy atom. The van der Waals surface area contributed by atoms with Gasteiger partial charge in [0.2, 0.25) is 0 Å². The summed E-state index contributed by atoms with van der Waals surface area (Å²) in [6.45, 7) is 10.2. The number of aliphatic hydroxyl groups is 3. The SMILES string of the molecule is C=C(C(=O)OC)[C@@H]1CC[C@@](C)(O)[C@H]2CC[C@](C)(O2)[C@@H](OC(C)=O)CC[C@](C)(O)[C@@H](O)C1. The molecule has 2 bridgehead atoms. The summed E-state index contributed by atoms with van der Waals surface area (Å²) < 4.78 is 16.6. The molecule has 2 saturated heterocycles. The predicted octanol–water partition coefficient (Wildman–Crippen LogP) is 2.03. The molecular formula is C23H38O8. The van der Waals surface area contributed by atoms with Crippen LogP contribution in [-0.2, 0) is 23.8 Å². The third-order valence-corrected chi connectivity index (χ3v) is 7.08. The van der Waals surface area contributed by atoms with Crippen molar-refractivity contribution in [1.82, 2.24) is 0 Å². The lowest BCUT2D eigenvalue weighted by Crippen LogP contribution is -2.47. The lowest BCUT2D eigenvalue weighted by Gasteiger charge is -2.37. The molecule has 0 unspecified atom stereocenters. The second-order valence-corrected chi connectivity index (χ2v) is 9.81. The number of hydrogen-bond acceptors (Lipinski definition) is 8. The smallest absolute Gasteiger partial charge is 0.333 e. The first-order valence-electron chi connectivity index (χ1n) is 11.0. The van der Waals surface area contributed by atoms with Gasteiger partial charge in [0.1, 0.15) is 11.7 Å². The molecule has 31 heavy (non-hydrogen) atoms. The van der Waals surface area contributed by atoms with Crippen molar-refractivity contribution in [1.29, 1.82) is 0 Å². The second kappa shape index (κ2) is 9.57. The van der Waals surface area contributed by atoms with E-state index in [1.54, 1.807) is 6.92 Å². The van der Waals surface area contributed by atoms with E-state index in [9.17, 15) is 24.9 Å². The van der Waals surface area contributed by atoms with Gasteiger partial charge in [-0.2, -0.15) is 0 Å². The van der Waals surface area contributed by atoms with Crippen molar-refractivity contribution in [2.45, 2.75) is 108 Å². The topological polar surface area (TPSA) is 123 Å². The zero-order valence-electron chi connectivity index (χ0n) is 19.3. The van der Waals surface area contributed by atoms with E-state index in [0.717, 1.165) is 0 Å². The maximum Gasteiger partial charge on any atom is 0.333 e. The standard InChI is InChI=1S/C23H38O8/c1-14(20(26)29-6)16-7-10-22(4,28)18-9-12-23(5,31-18)19(30-15(2)24)8-11-21(3,27)17(25)13-16/h16-19,25,27-28H,1,7-13H2,2-6H3/t16-,17+,18-,19+,21+,22-,23+/m1/s1. The minimum absolute atomic E-state index is 0.0814. The van der Waals surface area contributed by atoms with E-state index in [-0.39, 0.29) is 24.8 Å². The molecule has 2 heterocycles. The quantitative estimate of drug-likeness (QED) is 0.448. The maximum absolute atomic E-state index is 12.1. The molecule has 2 aliphatic rings. The Morgan fingerprint density at radius 2 is 1.65 bits per heavy atom. The highest BCUT2D eigenvalue weighted by molar-refractivity contribution is 5.88. The highest BCUT2D eigenvalue weighted by atomic mass is 16.6. The zero-order valence-corrected chi connectivity index (χ0v) is 19.3. The van der Waals surface area contributed by atoms with E-state index < -0.39 is 53.0 Å². The van der Waals surface area contributed by atoms with Crippen molar-refractivity contribution in [2.75, 3.05) is 7.11 Å². The second-order valence-electron chi connectivity index (χ2n) is 9.81. The third-order valence-electron chi connectivity index (χ3n) is 7.08. The maximum atomic E-state index is 12.1. The predicted molar refractivity (Wildman–Crippen MR) is 113 cm³/mol. The minimum atomic E-state index is -1.49. The molecule has 2 fully saturated rings. The number of carbonyl (C=O) groups excluding carboxylic acids is 2. The largest absolute Gasteiger partial charge is 0.466 e. The van der Waals surface area contributed by atoms with Gasteiger partial charge in [0.25, 0.3) is 0 Å². The number of rotatable bonds is 3. The number of ether oxygens (including phenoxy) is 3. The normalized spacial score (nSPS) is 41.9. The fourth-order valence-electron chi connectivity index (χ4n) is 4.70. The molecule has 0 aliphatic carbocycles. The number of hydrogen-bond donors (Lipinski definition) is 3. The first kappa shape index (κ1) is 25.8. The summed E-state index contributed by atoms with van der Waals surface area (Å²) in [6, 6.07) is 0. The van der Waals surface area contributed by atoms with Crippen molar-refractivity contribution < 1.29 is 39.1 Å². The van der Waals surface area contributed by atoms with Crippen LogP contribution in [0.25, 0.3) is 0 Å². The van der Waals surface area contributed by atoms with Gasteiger partial charge in [-0.05, 0) is 71.6 Å². The molecule has 0 amide bonds. The zero-order chi connectivity index (χ0) is 23.6. The summed E-state index contributed by atoms with van der Waals surface area (Å²) in [6.07, 6.45) is 0.0597. The van der Waals surface area contributed by atoms with Crippen LogP contribution in [0.4, 0.5) is 0 Å². The molecule has 178 valence electrons. The number of methoxy groups -OCH3 is 1. The van der Waals surface area contributed by atoms with Gasteiger partial charge < -0.3 is 29.5 Å². The molecule has 0 spiro atoms. The van der Waals surface area contributed by atoms with Crippen LogP contribution in [-0.4, -0.2) is 69.5 Å². The molecule has 2 aliphatic heterocycles. The number of fused-ring (bicyclic) bond motifs is 2.